The van der Waals surface area contributed by atoms with E-state index in [2.05, 4.69) is 5.10 Å². The Bertz CT molecular complexity index is 370. The van der Waals surface area contributed by atoms with Crippen LogP contribution in [0.5, 0.6) is 0 Å². The van der Waals surface area contributed by atoms with Crippen molar-refractivity contribution in [3.05, 3.63) is 18.0 Å². The van der Waals surface area contributed by atoms with Gasteiger partial charge in [-0.05, 0) is 31.2 Å². The molecule has 18 heavy (non-hydrogen) atoms. The summed E-state index contributed by atoms with van der Waals surface area (Å²) in [4.78, 5) is 0. The number of rotatable bonds is 5. The molecular formula is C14H24N2O2. The molecule has 1 fully saturated rings. The van der Waals surface area contributed by atoms with Gasteiger partial charge in [-0.25, -0.2) is 0 Å². The Morgan fingerprint density at radius 1 is 1.44 bits per heavy atom. The normalized spacial score (nSPS) is 20.8. The van der Waals surface area contributed by atoms with E-state index in [-0.39, 0.29) is 11.7 Å². The fourth-order valence-electron chi connectivity index (χ4n) is 2.99. The van der Waals surface area contributed by atoms with Crippen LogP contribution in [-0.4, -0.2) is 33.7 Å². The first kappa shape index (κ1) is 13.6. The summed E-state index contributed by atoms with van der Waals surface area (Å²) in [6.07, 6.45) is 10.7. The fraction of sp³-hybridized carbons (Fsp3) is 0.786. The molecule has 1 N–H and O–H groups in total. The monoisotopic (exact) mass is 252 g/mol. The molecule has 4 nitrogen and oxygen atoms in total. The van der Waals surface area contributed by atoms with Crippen molar-refractivity contribution >= 4 is 0 Å². The van der Waals surface area contributed by atoms with E-state index in [9.17, 15) is 5.11 Å². The summed E-state index contributed by atoms with van der Waals surface area (Å²) in [5, 5.41) is 14.6. The number of methoxy groups -OCH3 is 1. The molecule has 1 atom stereocenters. The van der Waals surface area contributed by atoms with Gasteiger partial charge in [0.1, 0.15) is 0 Å². The predicted molar refractivity (Wildman–Crippen MR) is 70.4 cm³/mol. The van der Waals surface area contributed by atoms with Crippen LogP contribution in [0.1, 0.15) is 44.1 Å². The van der Waals surface area contributed by atoms with Crippen molar-refractivity contribution in [3.63, 3.8) is 0 Å². The summed E-state index contributed by atoms with van der Waals surface area (Å²) in [6, 6.07) is 0. The van der Waals surface area contributed by atoms with Crippen LogP contribution in [0.4, 0.5) is 0 Å². The van der Waals surface area contributed by atoms with Crippen molar-refractivity contribution in [3.8, 4) is 0 Å². The Morgan fingerprint density at radius 2 is 2.17 bits per heavy atom. The van der Waals surface area contributed by atoms with Crippen molar-refractivity contribution in [2.75, 3.05) is 7.11 Å². The van der Waals surface area contributed by atoms with E-state index in [1.165, 1.54) is 12.0 Å². The highest BCUT2D eigenvalue weighted by Gasteiger charge is 2.38. The van der Waals surface area contributed by atoms with Crippen molar-refractivity contribution in [2.24, 2.45) is 7.05 Å². The Hall–Kier alpha value is -0.870. The first-order chi connectivity index (χ1) is 8.66. The van der Waals surface area contributed by atoms with Crippen LogP contribution in [-0.2, 0) is 18.2 Å². The number of ether oxygens (including phenoxy) is 1. The molecule has 0 saturated heterocycles. The van der Waals surface area contributed by atoms with Crippen molar-refractivity contribution in [1.29, 1.82) is 0 Å². The van der Waals surface area contributed by atoms with Gasteiger partial charge in [0.15, 0.2) is 0 Å². The predicted octanol–water partition coefficient (Wildman–Crippen LogP) is 2.06. The zero-order valence-electron chi connectivity index (χ0n) is 11.4. The minimum Gasteiger partial charge on any atom is -0.390 e. The zero-order valence-corrected chi connectivity index (χ0v) is 11.4. The molecule has 1 unspecified atom stereocenters. The molecule has 0 radical (unpaired) electrons. The number of hydrogen-bond acceptors (Lipinski definition) is 3. The molecule has 1 aromatic rings. The van der Waals surface area contributed by atoms with Crippen LogP contribution in [0.3, 0.4) is 0 Å². The third-order valence-corrected chi connectivity index (χ3v) is 4.18. The lowest BCUT2D eigenvalue weighted by molar-refractivity contribution is -0.124. The zero-order chi connectivity index (χ0) is 13.0. The van der Waals surface area contributed by atoms with Gasteiger partial charge in [0.25, 0.3) is 0 Å². The number of aromatic nitrogens is 2. The molecule has 0 aromatic carbocycles. The van der Waals surface area contributed by atoms with Crippen LogP contribution in [0, 0.1) is 0 Å². The summed E-state index contributed by atoms with van der Waals surface area (Å²) in [6.45, 7) is 0. The van der Waals surface area contributed by atoms with Crippen LogP contribution < -0.4 is 0 Å². The quantitative estimate of drug-likeness (QED) is 0.872. The highest BCUT2D eigenvalue weighted by atomic mass is 16.5. The lowest BCUT2D eigenvalue weighted by Gasteiger charge is -2.40. The Kier molecular flexibility index (Phi) is 4.40. The van der Waals surface area contributed by atoms with Gasteiger partial charge < -0.3 is 9.84 Å². The Labute approximate surface area is 109 Å². The Morgan fingerprint density at radius 3 is 2.72 bits per heavy atom. The van der Waals surface area contributed by atoms with Gasteiger partial charge >= 0.3 is 0 Å². The van der Waals surface area contributed by atoms with E-state index >= 15 is 0 Å². The molecule has 0 amide bonds. The van der Waals surface area contributed by atoms with Gasteiger partial charge in [-0.15, -0.1) is 0 Å². The van der Waals surface area contributed by atoms with E-state index in [4.69, 9.17) is 4.74 Å². The molecule has 0 aliphatic heterocycles. The highest BCUT2D eigenvalue weighted by molar-refractivity contribution is 5.04. The molecule has 2 rings (SSSR count). The summed E-state index contributed by atoms with van der Waals surface area (Å²) < 4.78 is 7.46. The summed E-state index contributed by atoms with van der Waals surface area (Å²) in [7, 11) is 3.65. The average Bonchev–Trinajstić information content (AvgIpc) is 2.82. The van der Waals surface area contributed by atoms with Gasteiger partial charge in [0, 0.05) is 20.4 Å². The molecule has 1 heterocycles. The number of aryl methyl sites for hydroxylation is 2. The van der Waals surface area contributed by atoms with Crippen LogP contribution in [0.2, 0.25) is 0 Å². The van der Waals surface area contributed by atoms with Gasteiger partial charge in [0.05, 0.1) is 17.9 Å². The van der Waals surface area contributed by atoms with Gasteiger partial charge in [-0.2, -0.15) is 5.10 Å². The maximum atomic E-state index is 10.4. The SMILES string of the molecule is COC1(C(O)CCc2cnn(C)c2)CCCCC1. The standard InChI is InChI=1S/C14H24N2O2/c1-16-11-12(10-15-16)6-7-13(17)14(18-2)8-4-3-5-9-14/h10-11,13,17H,3-9H2,1-2H3. The van der Waals surface area contributed by atoms with Crippen LogP contribution in [0.25, 0.3) is 0 Å². The van der Waals surface area contributed by atoms with Crippen molar-refractivity contribution in [2.45, 2.75) is 56.7 Å². The van der Waals surface area contributed by atoms with E-state index in [0.717, 1.165) is 38.5 Å². The largest absolute Gasteiger partial charge is 0.390 e. The lowest BCUT2D eigenvalue weighted by Crippen LogP contribution is -2.46. The molecule has 102 valence electrons. The Balaban J connectivity index is 1.91. The van der Waals surface area contributed by atoms with Crippen LogP contribution in [0.15, 0.2) is 12.4 Å². The maximum Gasteiger partial charge on any atom is 0.0936 e. The van der Waals surface area contributed by atoms with Gasteiger partial charge in [-0.3, -0.25) is 4.68 Å². The van der Waals surface area contributed by atoms with E-state index < -0.39 is 0 Å². The highest BCUT2D eigenvalue weighted by Crippen LogP contribution is 2.35. The molecule has 0 spiro atoms. The second kappa shape index (κ2) is 5.85. The lowest BCUT2D eigenvalue weighted by atomic mass is 9.79. The molecule has 1 aliphatic rings. The number of nitrogens with zero attached hydrogens (tertiary/aromatic N) is 2. The third kappa shape index (κ3) is 2.93. The molecule has 1 aromatic heterocycles. The molecular weight excluding hydrogens is 228 g/mol. The summed E-state index contributed by atoms with van der Waals surface area (Å²) in [5.74, 6) is 0. The van der Waals surface area contributed by atoms with Gasteiger partial charge in [-0.1, -0.05) is 19.3 Å². The van der Waals surface area contributed by atoms with Crippen molar-refractivity contribution in [1.82, 2.24) is 9.78 Å². The third-order valence-electron chi connectivity index (χ3n) is 4.18. The fourth-order valence-corrected chi connectivity index (χ4v) is 2.99. The molecule has 0 bridgehead atoms. The number of aliphatic hydroxyl groups is 1. The van der Waals surface area contributed by atoms with Gasteiger partial charge in [0.2, 0.25) is 0 Å². The number of hydrogen-bond donors (Lipinski definition) is 1. The minimum atomic E-state index is -0.372. The average molecular weight is 252 g/mol. The van der Waals surface area contributed by atoms with E-state index in [1.807, 2.05) is 19.4 Å². The topological polar surface area (TPSA) is 47.3 Å². The molecule has 4 heteroatoms. The number of aliphatic hydroxyl groups excluding tert-OH is 1. The smallest absolute Gasteiger partial charge is 0.0936 e. The summed E-state index contributed by atoms with van der Waals surface area (Å²) >= 11 is 0. The summed E-state index contributed by atoms with van der Waals surface area (Å²) in [5.41, 5.74) is 0.874. The second-order valence-corrected chi connectivity index (χ2v) is 5.41. The first-order valence-electron chi connectivity index (χ1n) is 6.87. The second-order valence-electron chi connectivity index (χ2n) is 5.41. The van der Waals surface area contributed by atoms with Crippen LogP contribution >= 0.6 is 0 Å². The van der Waals surface area contributed by atoms with E-state index in [1.54, 1.807) is 11.8 Å². The minimum absolute atomic E-state index is 0.305. The van der Waals surface area contributed by atoms with E-state index in [0.29, 0.717) is 0 Å². The molecule has 1 saturated carbocycles. The first-order valence-corrected chi connectivity index (χ1v) is 6.87. The maximum absolute atomic E-state index is 10.4. The molecule has 1 aliphatic carbocycles. The van der Waals surface area contributed by atoms with Crippen molar-refractivity contribution < 1.29 is 9.84 Å².